The molecule has 0 radical (unpaired) electrons. The fourth-order valence-corrected chi connectivity index (χ4v) is 1.83. The third kappa shape index (κ3) is 3.41. The summed E-state index contributed by atoms with van der Waals surface area (Å²) in [4.78, 5) is 4.40. The lowest BCUT2D eigenvalue weighted by molar-refractivity contribution is 0.567. The minimum Gasteiger partial charge on any atom is -0.305 e. The first kappa shape index (κ1) is 12.8. The molecule has 18 heavy (non-hydrogen) atoms. The summed E-state index contributed by atoms with van der Waals surface area (Å²) in [5.74, 6) is 0. The number of hydrogen-bond donors (Lipinski definition) is 1. The molecule has 0 bridgehead atoms. The predicted octanol–water partition coefficient (Wildman–Crippen LogP) is 3.55. The Labute approximate surface area is 109 Å². The maximum absolute atomic E-state index is 4.40. The quantitative estimate of drug-likeness (QED) is 0.884. The molecule has 1 aromatic carbocycles. The van der Waals surface area contributed by atoms with Crippen LogP contribution >= 0.6 is 0 Å². The average Bonchev–Trinajstić information content (AvgIpc) is 2.38. The standard InChI is InChI=1S/C16H20N2/c1-12-4-7-15(8-5-12)14(3)17-11-16-9-6-13(2)10-18-16/h4-10,14,17H,11H2,1-3H3/t14-/m1/s1. The highest BCUT2D eigenvalue weighted by Gasteiger charge is 2.04. The molecule has 1 aromatic heterocycles. The van der Waals surface area contributed by atoms with Crippen LogP contribution in [0.3, 0.4) is 0 Å². The Morgan fingerprint density at radius 2 is 1.67 bits per heavy atom. The Morgan fingerprint density at radius 1 is 1.00 bits per heavy atom. The molecule has 0 unspecified atom stereocenters. The van der Waals surface area contributed by atoms with Gasteiger partial charge in [-0.2, -0.15) is 0 Å². The van der Waals surface area contributed by atoms with Crippen molar-refractivity contribution < 1.29 is 0 Å². The summed E-state index contributed by atoms with van der Waals surface area (Å²) in [6.45, 7) is 7.14. The van der Waals surface area contributed by atoms with E-state index >= 15 is 0 Å². The van der Waals surface area contributed by atoms with Crippen LogP contribution in [0.15, 0.2) is 42.6 Å². The molecule has 2 nitrogen and oxygen atoms in total. The minimum atomic E-state index is 0.341. The van der Waals surface area contributed by atoms with Crippen molar-refractivity contribution in [2.75, 3.05) is 0 Å². The fourth-order valence-electron chi connectivity index (χ4n) is 1.83. The number of aryl methyl sites for hydroxylation is 2. The molecule has 94 valence electrons. The number of pyridine rings is 1. The maximum Gasteiger partial charge on any atom is 0.0542 e. The molecule has 0 fully saturated rings. The van der Waals surface area contributed by atoms with Crippen LogP contribution in [0.2, 0.25) is 0 Å². The first-order valence-corrected chi connectivity index (χ1v) is 6.36. The molecular formula is C16H20N2. The molecular weight excluding hydrogens is 220 g/mol. The third-order valence-electron chi connectivity index (χ3n) is 3.14. The second-order valence-corrected chi connectivity index (χ2v) is 4.84. The van der Waals surface area contributed by atoms with Gasteiger partial charge in [0.15, 0.2) is 0 Å². The Balaban J connectivity index is 1.93. The number of nitrogens with one attached hydrogen (secondary N) is 1. The summed E-state index contributed by atoms with van der Waals surface area (Å²) in [7, 11) is 0. The highest BCUT2D eigenvalue weighted by molar-refractivity contribution is 5.23. The molecule has 0 saturated carbocycles. The van der Waals surface area contributed by atoms with Gasteiger partial charge in [0, 0.05) is 18.8 Å². The Hall–Kier alpha value is -1.67. The lowest BCUT2D eigenvalue weighted by Gasteiger charge is -2.14. The summed E-state index contributed by atoms with van der Waals surface area (Å²) in [6.07, 6.45) is 1.91. The van der Waals surface area contributed by atoms with Gasteiger partial charge >= 0.3 is 0 Å². The Kier molecular flexibility index (Phi) is 4.11. The van der Waals surface area contributed by atoms with Crippen molar-refractivity contribution in [3.05, 3.63) is 65.0 Å². The Bertz CT molecular complexity index is 486. The SMILES string of the molecule is Cc1ccc([C@@H](C)NCc2ccc(C)cn2)cc1. The van der Waals surface area contributed by atoms with Gasteiger partial charge in [-0.15, -0.1) is 0 Å². The average molecular weight is 240 g/mol. The van der Waals surface area contributed by atoms with E-state index in [1.807, 2.05) is 6.20 Å². The van der Waals surface area contributed by atoms with Crippen LogP contribution in [-0.2, 0) is 6.54 Å². The largest absolute Gasteiger partial charge is 0.305 e. The van der Waals surface area contributed by atoms with Gasteiger partial charge in [-0.05, 0) is 38.0 Å². The predicted molar refractivity (Wildman–Crippen MR) is 75.4 cm³/mol. The van der Waals surface area contributed by atoms with E-state index in [2.05, 4.69) is 67.5 Å². The fraction of sp³-hybridized carbons (Fsp3) is 0.312. The van der Waals surface area contributed by atoms with E-state index in [1.54, 1.807) is 0 Å². The number of aromatic nitrogens is 1. The number of hydrogen-bond acceptors (Lipinski definition) is 2. The van der Waals surface area contributed by atoms with Gasteiger partial charge < -0.3 is 5.32 Å². The monoisotopic (exact) mass is 240 g/mol. The molecule has 0 aliphatic heterocycles. The summed E-state index contributed by atoms with van der Waals surface area (Å²) < 4.78 is 0. The van der Waals surface area contributed by atoms with E-state index in [0.717, 1.165) is 12.2 Å². The van der Waals surface area contributed by atoms with Crippen molar-refractivity contribution in [2.45, 2.75) is 33.4 Å². The zero-order chi connectivity index (χ0) is 13.0. The van der Waals surface area contributed by atoms with Crippen LogP contribution in [0.5, 0.6) is 0 Å². The van der Waals surface area contributed by atoms with Gasteiger partial charge in [-0.1, -0.05) is 35.9 Å². The lowest BCUT2D eigenvalue weighted by atomic mass is 10.1. The smallest absolute Gasteiger partial charge is 0.0542 e. The summed E-state index contributed by atoms with van der Waals surface area (Å²) in [5, 5.41) is 3.49. The van der Waals surface area contributed by atoms with Crippen molar-refractivity contribution in [1.29, 1.82) is 0 Å². The number of nitrogens with zero attached hydrogens (tertiary/aromatic N) is 1. The van der Waals surface area contributed by atoms with E-state index in [0.29, 0.717) is 6.04 Å². The molecule has 2 heteroatoms. The molecule has 0 saturated heterocycles. The third-order valence-corrected chi connectivity index (χ3v) is 3.14. The van der Waals surface area contributed by atoms with Crippen molar-refractivity contribution >= 4 is 0 Å². The first-order chi connectivity index (χ1) is 8.65. The molecule has 1 heterocycles. The molecule has 1 N–H and O–H groups in total. The van der Waals surface area contributed by atoms with Gasteiger partial charge in [-0.25, -0.2) is 0 Å². The number of rotatable bonds is 4. The topological polar surface area (TPSA) is 24.9 Å². The van der Waals surface area contributed by atoms with E-state index in [1.165, 1.54) is 16.7 Å². The maximum atomic E-state index is 4.40. The first-order valence-electron chi connectivity index (χ1n) is 6.36. The van der Waals surface area contributed by atoms with E-state index in [9.17, 15) is 0 Å². The van der Waals surface area contributed by atoms with E-state index < -0.39 is 0 Å². The van der Waals surface area contributed by atoms with Gasteiger partial charge in [0.05, 0.1) is 5.69 Å². The van der Waals surface area contributed by atoms with Crippen LogP contribution in [0.1, 0.15) is 35.3 Å². The zero-order valence-electron chi connectivity index (χ0n) is 11.3. The van der Waals surface area contributed by atoms with Crippen LogP contribution in [0.25, 0.3) is 0 Å². The van der Waals surface area contributed by atoms with Gasteiger partial charge in [-0.3, -0.25) is 4.98 Å². The summed E-state index contributed by atoms with van der Waals surface area (Å²) in [6, 6.07) is 13.2. The van der Waals surface area contributed by atoms with Crippen molar-refractivity contribution in [3.8, 4) is 0 Å². The molecule has 2 rings (SSSR count). The van der Waals surface area contributed by atoms with Crippen LogP contribution in [0.4, 0.5) is 0 Å². The molecule has 2 aromatic rings. The van der Waals surface area contributed by atoms with E-state index in [4.69, 9.17) is 0 Å². The van der Waals surface area contributed by atoms with Crippen LogP contribution < -0.4 is 5.32 Å². The van der Waals surface area contributed by atoms with Gasteiger partial charge in [0.2, 0.25) is 0 Å². The summed E-state index contributed by atoms with van der Waals surface area (Å²) in [5.41, 5.74) is 4.89. The highest BCUT2D eigenvalue weighted by Crippen LogP contribution is 2.13. The van der Waals surface area contributed by atoms with Crippen molar-refractivity contribution in [2.24, 2.45) is 0 Å². The van der Waals surface area contributed by atoms with Crippen molar-refractivity contribution in [1.82, 2.24) is 10.3 Å². The molecule has 1 atom stereocenters. The molecule has 0 spiro atoms. The minimum absolute atomic E-state index is 0.341. The van der Waals surface area contributed by atoms with Crippen molar-refractivity contribution in [3.63, 3.8) is 0 Å². The lowest BCUT2D eigenvalue weighted by Crippen LogP contribution is -2.18. The molecule has 0 aliphatic carbocycles. The van der Waals surface area contributed by atoms with Gasteiger partial charge in [0.1, 0.15) is 0 Å². The second-order valence-electron chi connectivity index (χ2n) is 4.84. The second kappa shape index (κ2) is 5.78. The summed E-state index contributed by atoms with van der Waals surface area (Å²) >= 11 is 0. The number of benzene rings is 1. The van der Waals surface area contributed by atoms with Crippen LogP contribution in [0, 0.1) is 13.8 Å². The highest BCUT2D eigenvalue weighted by atomic mass is 14.9. The molecule has 0 amide bonds. The van der Waals surface area contributed by atoms with E-state index in [-0.39, 0.29) is 0 Å². The normalized spacial score (nSPS) is 12.4. The van der Waals surface area contributed by atoms with Crippen LogP contribution in [-0.4, -0.2) is 4.98 Å². The zero-order valence-corrected chi connectivity index (χ0v) is 11.3. The van der Waals surface area contributed by atoms with Gasteiger partial charge in [0.25, 0.3) is 0 Å². The molecule has 0 aliphatic rings. The Morgan fingerprint density at radius 3 is 2.28 bits per heavy atom.